The Bertz CT molecular complexity index is 501. The minimum atomic E-state index is -0.916. The normalized spacial score (nSPS) is 9.38. The Labute approximate surface area is 222 Å². The molecule has 1 heterocycles. The van der Waals surface area contributed by atoms with Gasteiger partial charge in [0.05, 0.1) is 12.5 Å². The van der Waals surface area contributed by atoms with Crippen LogP contribution in [0.1, 0.15) is 97.4 Å². The molecule has 1 aliphatic heterocycles. The molecule has 0 aromatic heterocycles. The lowest BCUT2D eigenvalue weighted by atomic mass is 10.2. The zero-order valence-electron chi connectivity index (χ0n) is 17.5. The van der Waals surface area contributed by atoms with Gasteiger partial charge in [-0.05, 0) is 26.7 Å². The fourth-order valence-electron chi connectivity index (χ4n) is 0.946. The van der Waals surface area contributed by atoms with Crippen LogP contribution in [0, 0.1) is 0 Å². The first-order valence-corrected chi connectivity index (χ1v) is 8.15. The van der Waals surface area contributed by atoms with Crippen molar-refractivity contribution >= 4 is 43.0 Å². The number of hydrogen-bond donors (Lipinski definition) is 3. The second-order valence-electron chi connectivity index (χ2n) is 4.51. The molecular weight excluding hydrogens is 496 g/mol. The van der Waals surface area contributed by atoms with E-state index < -0.39 is 5.97 Å². The van der Waals surface area contributed by atoms with Crippen LogP contribution in [0.25, 0.3) is 0 Å². The van der Waals surface area contributed by atoms with Crippen molar-refractivity contribution in [1.82, 2.24) is 0 Å². The third-order valence-corrected chi connectivity index (χ3v) is 2.07. The Morgan fingerprint density at radius 3 is 1.27 bits per heavy atom. The van der Waals surface area contributed by atoms with Gasteiger partial charge in [-0.25, -0.2) is 0 Å². The third kappa shape index (κ3) is 237. The van der Waals surface area contributed by atoms with Gasteiger partial charge in [-0.3, -0.25) is 19.2 Å². The monoisotopic (exact) mass is 548 g/mol. The van der Waals surface area contributed by atoms with Crippen molar-refractivity contribution in [3.63, 3.8) is 0 Å². The Kier molecular flexibility index (Phi) is 176. The summed E-state index contributed by atoms with van der Waals surface area (Å²) in [6.07, 6.45) is 5.25. The molecule has 1 aliphatic rings. The van der Waals surface area contributed by atoms with Crippen molar-refractivity contribution in [3.05, 3.63) is 12.7 Å². The van der Waals surface area contributed by atoms with E-state index in [1.807, 2.05) is 13.0 Å². The maximum Gasteiger partial charge on any atom is 0.373 e. The van der Waals surface area contributed by atoms with E-state index >= 15 is 0 Å². The molecule has 0 radical (unpaired) electrons. The second kappa shape index (κ2) is 85.1. The fraction of sp³-hybridized carbons (Fsp3) is 0.625. The summed E-state index contributed by atoms with van der Waals surface area (Å²) >= 11 is 0. The van der Waals surface area contributed by atoms with E-state index in [0.29, 0.717) is 6.42 Å². The lowest BCUT2D eigenvalue weighted by molar-refractivity contribution is -0.193. The van der Waals surface area contributed by atoms with Crippen molar-refractivity contribution in [3.8, 4) is 0 Å². The molecule has 13 heteroatoms. The number of ether oxygens (including phenoxy) is 1. The predicted octanol–water partition coefficient (Wildman–Crippen LogP) is 4.79. The summed E-state index contributed by atoms with van der Waals surface area (Å²) in [5, 5.41) is 21.8. The van der Waals surface area contributed by atoms with E-state index in [-0.39, 0.29) is 101 Å². The maximum atomic E-state index is 10.2. The molecule has 1 rings (SSSR count). The van der Waals surface area contributed by atoms with Gasteiger partial charge >= 0.3 is 24.2 Å². The number of aliphatic carboxylic acids is 1. The average molecular weight is 549 g/mol. The predicted molar refractivity (Wildman–Crippen MR) is 141 cm³/mol. The summed E-state index contributed by atoms with van der Waals surface area (Å²) in [6.45, 7) is 8.33. The van der Waals surface area contributed by atoms with Crippen LogP contribution in [0.15, 0.2) is 12.7 Å². The van der Waals surface area contributed by atoms with Crippen LogP contribution in [0.4, 0.5) is 0 Å². The first kappa shape index (κ1) is 76.6. The van der Waals surface area contributed by atoms with E-state index in [0.717, 1.165) is 12.8 Å². The lowest BCUT2D eigenvalue weighted by Gasteiger charge is -1.95. The molecule has 13 nitrogen and oxygen atoms in total. The first-order valence-electron chi connectivity index (χ1n) is 8.15. The van der Waals surface area contributed by atoms with Crippen LogP contribution in [-0.2, 0) is 47.9 Å². The molecule has 1 unspecified atom stereocenters. The molecular formula is C24H52O13. The van der Waals surface area contributed by atoms with Gasteiger partial charge in [0.15, 0.2) is 0 Å². The molecule has 0 aromatic carbocycles. The standard InChI is InChI=1S/C5H8O3.C5H8O2.C4H8.2CH2O2.2CO2.6CH4/c1-4(6)2-3-5(7)8;1-4-2-3-5(6)7-4;1-3-4-2;4*2-1-3;;;;;;/h2-3H2,1H3,(H,7,8);4H,2-3H2,1H3;3H,1,4H2,2H3;2*1H,(H,2,3);;;6*1H4. The zero-order valence-corrected chi connectivity index (χ0v) is 17.5. The molecule has 0 aliphatic carbocycles. The minimum absolute atomic E-state index is 0. The first-order chi connectivity index (χ1) is 14.5. The van der Waals surface area contributed by atoms with Crippen molar-refractivity contribution < 1.29 is 63.2 Å². The highest BCUT2D eigenvalue weighted by Gasteiger charge is 2.17. The summed E-state index contributed by atoms with van der Waals surface area (Å²) in [5.41, 5.74) is 0. The maximum absolute atomic E-state index is 10.2. The van der Waals surface area contributed by atoms with E-state index in [4.69, 9.17) is 48.8 Å². The molecule has 0 spiro atoms. The number of allylic oxidation sites excluding steroid dienone is 1. The lowest BCUT2D eigenvalue weighted by Crippen LogP contribution is -1.98. The van der Waals surface area contributed by atoms with Gasteiger partial charge in [0, 0.05) is 12.8 Å². The topological polar surface area (TPSA) is 224 Å². The highest BCUT2D eigenvalue weighted by atomic mass is 16.5. The van der Waals surface area contributed by atoms with Gasteiger partial charge in [0.25, 0.3) is 12.9 Å². The van der Waals surface area contributed by atoms with E-state index in [2.05, 4.69) is 13.5 Å². The Balaban J connectivity index is -0.0000000200. The average Bonchev–Trinajstić information content (AvgIpc) is 3.06. The molecule has 226 valence electrons. The number of carbonyl (C=O) groups excluding carboxylic acids is 6. The van der Waals surface area contributed by atoms with Crippen LogP contribution in [0.3, 0.4) is 0 Å². The number of Topliss-reactive ketones (excluding diaryl/α,β-unsaturated/α-hetero) is 1. The van der Waals surface area contributed by atoms with Crippen LogP contribution in [0.5, 0.6) is 0 Å². The molecule has 37 heavy (non-hydrogen) atoms. The van der Waals surface area contributed by atoms with E-state index in [1.54, 1.807) is 0 Å². The van der Waals surface area contributed by atoms with Gasteiger partial charge < -0.3 is 24.9 Å². The molecule has 0 aromatic rings. The highest BCUT2D eigenvalue weighted by Crippen LogP contribution is 2.11. The highest BCUT2D eigenvalue weighted by molar-refractivity contribution is 5.80. The van der Waals surface area contributed by atoms with Crippen LogP contribution >= 0.6 is 0 Å². The van der Waals surface area contributed by atoms with Crippen molar-refractivity contribution in [1.29, 1.82) is 0 Å². The molecule has 0 saturated carbocycles. The summed E-state index contributed by atoms with van der Waals surface area (Å²) < 4.78 is 4.72. The number of carboxylic acid groups (broad SMARTS) is 3. The number of esters is 1. The van der Waals surface area contributed by atoms with Crippen molar-refractivity contribution in [2.45, 2.75) is 104 Å². The molecule has 1 atom stereocenters. The summed E-state index contributed by atoms with van der Waals surface area (Å²) in [5.74, 6) is -1.04. The number of carboxylic acids is 1. The van der Waals surface area contributed by atoms with Crippen LogP contribution < -0.4 is 0 Å². The van der Waals surface area contributed by atoms with Gasteiger partial charge in [0.2, 0.25) is 0 Å². The largest absolute Gasteiger partial charge is 0.483 e. The smallest absolute Gasteiger partial charge is 0.373 e. The second-order valence-corrected chi connectivity index (χ2v) is 4.51. The van der Waals surface area contributed by atoms with Crippen LogP contribution in [-0.4, -0.2) is 64.4 Å². The molecule has 1 fully saturated rings. The van der Waals surface area contributed by atoms with Crippen molar-refractivity contribution in [2.75, 3.05) is 0 Å². The van der Waals surface area contributed by atoms with Gasteiger partial charge in [-0.2, -0.15) is 19.2 Å². The Morgan fingerprint density at radius 2 is 1.22 bits per heavy atom. The number of ketones is 1. The SMILES string of the molecule is C.C.C.C.C.C.C=CCC.CC(=O)CCC(=O)O.CC1CCC(=O)O1.O=C=O.O=C=O.O=CO.O=CO. The Morgan fingerprint density at radius 1 is 0.946 bits per heavy atom. The van der Waals surface area contributed by atoms with Gasteiger partial charge in [-0.15, -0.1) is 6.58 Å². The number of hydrogen-bond acceptors (Lipinski definition) is 10. The molecule has 3 N–H and O–H groups in total. The van der Waals surface area contributed by atoms with Crippen LogP contribution in [0.2, 0.25) is 0 Å². The van der Waals surface area contributed by atoms with Gasteiger partial charge in [-0.1, -0.05) is 57.6 Å². The fourth-order valence-corrected chi connectivity index (χ4v) is 0.946. The number of cyclic esters (lactones) is 1. The van der Waals surface area contributed by atoms with Crippen molar-refractivity contribution in [2.24, 2.45) is 0 Å². The molecule has 1 saturated heterocycles. The summed E-state index contributed by atoms with van der Waals surface area (Å²) in [4.78, 5) is 79.3. The molecule has 0 amide bonds. The van der Waals surface area contributed by atoms with E-state index in [1.165, 1.54) is 6.92 Å². The summed E-state index contributed by atoms with van der Waals surface area (Å²) in [6, 6.07) is 0. The quantitative estimate of drug-likeness (QED) is 0.244. The Hall–Kier alpha value is -3.95. The van der Waals surface area contributed by atoms with E-state index in [9.17, 15) is 14.4 Å². The number of rotatable bonds is 4. The third-order valence-electron chi connectivity index (χ3n) is 2.07. The number of carbonyl (C=O) groups is 5. The van der Waals surface area contributed by atoms with Gasteiger partial charge in [0.1, 0.15) is 5.78 Å². The molecule has 0 bridgehead atoms. The zero-order chi connectivity index (χ0) is 26.1. The minimum Gasteiger partial charge on any atom is -0.483 e. The summed E-state index contributed by atoms with van der Waals surface area (Å²) in [7, 11) is 0.